The van der Waals surface area contributed by atoms with Crippen LogP contribution in [0.15, 0.2) is 46.9 Å². The fourth-order valence-electron chi connectivity index (χ4n) is 2.00. The number of halogens is 2. The maximum Gasteiger partial charge on any atom is 0.143 e. The second-order valence-corrected chi connectivity index (χ2v) is 5.53. The topological polar surface area (TPSA) is 21.3 Å². The molecule has 0 radical (unpaired) electrons. The second-order valence-electron chi connectivity index (χ2n) is 4.18. The Balaban J connectivity index is 1.86. The molecule has 2 aromatic carbocycles. The van der Waals surface area contributed by atoms with Crippen LogP contribution < -0.4 is 10.1 Å². The molecule has 0 bridgehead atoms. The van der Waals surface area contributed by atoms with Gasteiger partial charge < -0.3 is 10.1 Å². The van der Waals surface area contributed by atoms with Crippen LogP contribution >= 0.6 is 27.5 Å². The van der Waals surface area contributed by atoms with Crippen molar-refractivity contribution in [3.8, 4) is 5.75 Å². The number of ether oxygens (including phenoxy) is 1. The predicted molar refractivity (Wildman–Crippen MR) is 77.5 cm³/mol. The van der Waals surface area contributed by atoms with Gasteiger partial charge in [0.25, 0.3) is 0 Å². The zero-order chi connectivity index (χ0) is 12.5. The minimum atomic E-state index is 0.0240. The van der Waals surface area contributed by atoms with Crippen molar-refractivity contribution in [3.63, 3.8) is 0 Å². The third-order valence-electron chi connectivity index (χ3n) is 2.93. The highest BCUT2D eigenvalue weighted by Gasteiger charge is 2.20. The summed E-state index contributed by atoms with van der Waals surface area (Å²) in [6.45, 7) is 0.755. The van der Waals surface area contributed by atoms with Crippen molar-refractivity contribution in [1.82, 2.24) is 0 Å². The van der Waals surface area contributed by atoms with Crippen LogP contribution in [0.4, 0.5) is 5.69 Å². The summed E-state index contributed by atoms with van der Waals surface area (Å²) in [5, 5.41) is 4.12. The molecule has 1 N–H and O–H groups in total. The maximum absolute atomic E-state index is 5.99. The van der Waals surface area contributed by atoms with E-state index in [1.165, 1.54) is 0 Å². The van der Waals surface area contributed by atoms with E-state index in [2.05, 4.69) is 21.2 Å². The average molecular weight is 325 g/mol. The van der Waals surface area contributed by atoms with Gasteiger partial charge >= 0.3 is 0 Å². The van der Waals surface area contributed by atoms with E-state index in [1.54, 1.807) is 0 Å². The summed E-state index contributed by atoms with van der Waals surface area (Å²) >= 11 is 9.34. The van der Waals surface area contributed by atoms with Crippen molar-refractivity contribution < 1.29 is 4.74 Å². The molecular weight excluding hydrogens is 314 g/mol. The predicted octanol–water partition coefficient (Wildman–Crippen LogP) is 4.65. The number of rotatable bonds is 1. The molecule has 0 fully saturated rings. The average Bonchev–Trinajstić information content (AvgIpc) is 2.39. The summed E-state index contributed by atoms with van der Waals surface area (Å²) in [4.78, 5) is 0. The molecule has 1 atom stereocenters. The van der Waals surface area contributed by atoms with Gasteiger partial charge in [-0.3, -0.25) is 0 Å². The minimum absolute atomic E-state index is 0.0240. The lowest BCUT2D eigenvalue weighted by atomic mass is 10.1. The van der Waals surface area contributed by atoms with Crippen LogP contribution in [-0.2, 0) is 0 Å². The Morgan fingerprint density at radius 1 is 1.17 bits per heavy atom. The SMILES string of the molecule is Clc1ccc(C2CNc3cc(Br)ccc3O2)cc1. The smallest absolute Gasteiger partial charge is 0.143 e. The molecule has 18 heavy (non-hydrogen) atoms. The van der Waals surface area contributed by atoms with Crippen molar-refractivity contribution in [1.29, 1.82) is 0 Å². The van der Waals surface area contributed by atoms with Crippen LogP contribution in [0.5, 0.6) is 5.75 Å². The lowest BCUT2D eigenvalue weighted by Crippen LogP contribution is -2.23. The van der Waals surface area contributed by atoms with Gasteiger partial charge in [-0.1, -0.05) is 39.7 Å². The van der Waals surface area contributed by atoms with Gasteiger partial charge in [0.2, 0.25) is 0 Å². The van der Waals surface area contributed by atoms with Gasteiger partial charge in [0, 0.05) is 9.50 Å². The lowest BCUT2D eigenvalue weighted by molar-refractivity contribution is 0.210. The van der Waals surface area contributed by atoms with Crippen molar-refractivity contribution in [3.05, 3.63) is 57.5 Å². The number of hydrogen-bond donors (Lipinski definition) is 1. The van der Waals surface area contributed by atoms with Crippen LogP contribution in [0.3, 0.4) is 0 Å². The van der Waals surface area contributed by atoms with Crippen molar-refractivity contribution in [2.75, 3.05) is 11.9 Å². The first-order valence-corrected chi connectivity index (χ1v) is 6.85. The van der Waals surface area contributed by atoms with Crippen LogP contribution in [0.25, 0.3) is 0 Å². The highest BCUT2D eigenvalue weighted by atomic mass is 79.9. The molecule has 92 valence electrons. The number of benzene rings is 2. The van der Waals surface area contributed by atoms with Gasteiger partial charge in [-0.05, 0) is 35.9 Å². The van der Waals surface area contributed by atoms with E-state index in [9.17, 15) is 0 Å². The number of anilines is 1. The highest BCUT2D eigenvalue weighted by Crippen LogP contribution is 2.36. The molecule has 3 rings (SSSR count). The molecule has 1 heterocycles. The van der Waals surface area contributed by atoms with Crippen molar-refractivity contribution >= 4 is 33.2 Å². The molecule has 0 aliphatic carbocycles. The van der Waals surface area contributed by atoms with Gasteiger partial charge in [0.1, 0.15) is 11.9 Å². The van der Waals surface area contributed by atoms with Gasteiger partial charge in [0.15, 0.2) is 0 Å². The summed E-state index contributed by atoms with van der Waals surface area (Å²) in [6.07, 6.45) is 0.0240. The van der Waals surface area contributed by atoms with Crippen LogP contribution in [0, 0.1) is 0 Å². The molecule has 0 amide bonds. The fraction of sp³-hybridized carbons (Fsp3) is 0.143. The Labute approximate surface area is 119 Å². The fourth-order valence-corrected chi connectivity index (χ4v) is 2.49. The summed E-state index contributed by atoms with van der Waals surface area (Å²) in [6, 6.07) is 13.7. The number of nitrogens with one attached hydrogen (secondary N) is 1. The maximum atomic E-state index is 5.99. The molecule has 0 saturated heterocycles. The van der Waals surface area contributed by atoms with Crippen molar-refractivity contribution in [2.24, 2.45) is 0 Å². The van der Waals surface area contributed by atoms with Crippen LogP contribution in [0.1, 0.15) is 11.7 Å². The Morgan fingerprint density at radius 2 is 1.94 bits per heavy atom. The van der Waals surface area contributed by atoms with Gasteiger partial charge in [-0.25, -0.2) is 0 Å². The monoisotopic (exact) mass is 323 g/mol. The Bertz CT molecular complexity index is 571. The molecule has 2 aromatic rings. The molecule has 1 aliphatic rings. The Morgan fingerprint density at radius 3 is 2.72 bits per heavy atom. The largest absolute Gasteiger partial charge is 0.482 e. The van der Waals surface area contributed by atoms with Crippen LogP contribution in [0.2, 0.25) is 5.02 Å². The van der Waals surface area contributed by atoms with E-state index in [0.717, 1.165) is 33.0 Å². The molecule has 0 saturated carbocycles. The molecule has 0 spiro atoms. The molecule has 0 aromatic heterocycles. The van der Waals surface area contributed by atoms with E-state index < -0.39 is 0 Å². The van der Waals surface area contributed by atoms with Gasteiger partial charge in [-0.2, -0.15) is 0 Å². The first kappa shape index (κ1) is 11.9. The van der Waals surface area contributed by atoms with E-state index in [-0.39, 0.29) is 6.10 Å². The normalized spacial score (nSPS) is 17.6. The van der Waals surface area contributed by atoms with Crippen molar-refractivity contribution in [2.45, 2.75) is 6.10 Å². The third kappa shape index (κ3) is 2.33. The van der Waals surface area contributed by atoms with Crippen LogP contribution in [-0.4, -0.2) is 6.54 Å². The molecular formula is C14H11BrClNO. The number of hydrogen-bond acceptors (Lipinski definition) is 2. The van der Waals surface area contributed by atoms with Gasteiger partial charge in [-0.15, -0.1) is 0 Å². The molecule has 4 heteroatoms. The standard InChI is InChI=1S/C14H11BrClNO/c15-10-3-6-13-12(7-10)17-8-14(18-13)9-1-4-11(16)5-2-9/h1-7,14,17H,8H2. The zero-order valence-electron chi connectivity index (χ0n) is 9.49. The summed E-state index contributed by atoms with van der Waals surface area (Å²) in [5.41, 5.74) is 2.15. The first-order valence-electron chi connectivity index (χ1n) is 5.68. The lowest BCUT2D eigenvalue weighted by Gasteiger charge is -2.27. The molecule has 1 unspecified atom stereocenters. The Hall–Kier alpha value is -1.19. The summed E-state index contributed by atoms with van der Waals surface area (Å²) in [5.74, 6) is 0.879. The quantitative estimate of drug-likeness (QED) is 0.824. The minimum Gasteiger partial charge on any atom is -0.482 e. The summed E-state index contributed by atoms with van der Waals surface area (Å²) in [7, 11) is 0. The highest BCUT2D eigenvalue weighted by molar-refractivity contribution is 9.10. The molecule has 2 nitrogen and oxygen atoms in total. The summed E-state index contributed by atoms with van der Waals surface area (Å²) < 4.78 is 7.03. The third-order valence-corrected chi connectivity index (χ3v) is 3.68. The molecule has 1 aliphatic heterocycles. The second kappa shape index (κ2) is 4.82. The first-order chi connectivity index (χ1) is 8.72. The number of fused-ring (bicyclic) bond motifs is 1. The van der Waals surface area contributed by atoms with E-state index in [1.807, 2.05) is 42.5 Å². The van der Waals surface area contributed by atoms with E-state index >= 15 is 0 Å². The van der Waals surface area contributed by atoms with Gasteiger partial charge in [0.05, 0.1) is 12.2 Å². The Kier molecular flexibility index (Phi) is 3.18. The zero-order valence-corrected chi connectivity index (χ0v) is 11.8. The van der Waals surface area contributed by atoms with E-state index in [0.29, 0.717) is 0 Å². The van der Waals surface area contributed by atoms with E-state index in [4.69, 9.17) is 16.3 Å².